The van der Waals surface area contributed by atoms with Crippen LogP contribution in [0.1, 0.15) is 41.1 Å². The number of ether oxygens (including phenoxy) is 1. The summed E-state index contributed by atoms with van der Waals surface area (Å²) in [6, 6.07) is 4.99. The number of methoxy groups -OCH3 is 1. The quantitative estimate of drug-likeness (QED) is 0.906. The lowest BCUT2D eigenvalue weighted by atomic mass is 9.91. The van der Waals surface area contributed by atoms with Crippen LogP contribution in [-0.4, -0.2) is 38.3 Å². The minimum Gasteiger partial charge on any atom is -0.384 e. The molecular formula is C18H30N2O. The van der Waals surface area contributed by atoms with Crippen LogP contribution in [0, 0.1) is 26.7 Å². The van der Waals surface area contributed by atoms with Crippen LogP contribution in [0.3, 0.4) is 0 Å². The van der Waals surface area contributed by atoms with Gasteiger partial charge in [-0.3, -0.25) is 4.90 Å². The van der Waals surface area contributed by atoms with Gasteiger partial charge in [-0.05, 0) is 74.9 Å². The van der Waals surface area contributed by atoms with Crippen molar-refractivity contribution in [3.05, 3.63) is 34.4 Å². The zero-order chi connectivity index (χ0) is 15.4. The normalized spacial score (nSPS) is 18.9. The van der Waals surface area contributed by atoms with Crippen molar-refractivity contribution in [2.75, 3.05) is 33.4 Å². The van der Waals surface area contributed by atoms with Crippen LogP contribution in [0.25, 0.3) is 0 Å². The summed E-state index contributed by atoms with van der Waals surface area (Å²) in [7, 11) is 1.80. The first-order valence-corrected chi connectivity index (χ1v) is 8.07. The molecule has 0 radical (unpaired) electrons. The largest absolute Gasteiger partial charge is 0.384 e. The molecule has 1 aromatic carbocycles. The second-order valence-corrected chi connectivity index (χ2v) is 6.48. The summed E-state index contributed by atoms with van der Waals surface area (Å²) in [4.78, 5) is 2.56. The average Bonchev–Trinajstić information content (AvgIpc) is 2.47. The number of nitrogens with zero attached hydrogens (tertiary/aromatic N) is 1. The molecule has 3 nitrogen and oxygen atoms in total. The number of rotatable bonds is 5. The lowest BCUT2D eigenvalue weighted by molar-refractivity contribution is 0.0809. The van der Waals surface area contributed by atoms with Gasteiger partial charge in [0.15, 0.2) is 0 Å². The van der Waals surface area contributed by atoms with Crippen LogP contribution >= 0.6 is 0 Å². The lowest BCUT2D eigenvalue weighted by Gasteiger charge is -2.38. The van der Waals surface area contributed by atoms with Crippen molar-refractivity contribution >= 4 is 0 Å². The van der Waals surface area contributed by atoms with Gasteiger partial charge in [0.1, 0.15) is 0 Å². The summed E-state index contributed by atoms with van der Waals surface area (Å²) < 4.78 is 5.29. The highest BCUT2D eigenvalue weighted by Crippen LogP contribution is 2.29. The summed E-state index contributed by atoms with van der Waals surface area (Å²) in [6.07, 6.45) is 2.43. The van der Waals surface area contributed by atoms with Crippen molar-refractivity contribution in [3.8, 4) is 0 Å². The van der Waals surface area contributed by atoms with E-state index in [2.05, 4.69) is 37.8 Å². The number of benzene rings is 1. The first kappa shape index (κ1) is 16.5. The van der Waals surface area contributed by atoms with E-state index in [0.29, 0.717) is 18.5 Å². The van der Waals surface area contributed by atoms with Gasteiger partial charge in [0.05, 0.1) is 0 Å². The molecule has 0 saturated carbocycles. The molecule has 1 saturated heterocycles. The second-order valence-electron chi connectivity index (χ2n) is 6.48. The van der Waals surface area contributed by atoms with Crippen molar-refractivity contribution in [2.45, 2.75) is 39.7 Å². The Morgan fingerprint density at radius 2 is 1.76 bits per heavy atom. The molecule has 1 atom stereocenters. The fourth-order valence-corrected chi connectivity index (χ4v) is 3.48. The molecule has 1 unspecified atom stereocenters. The van der Waals surface area contributed by atoms with E-state index in [0.717, 1.165) is 19.7 Å². The smallest absolute Gasteiger partial charge is 0.0491 e. The topological polar surface area (TPSA) is 38.5 Å². The van der Waals surface area contributed by atoms with Crippen LogP contribution in [0.15, 0.2) is 12.1 Å². The van der Waals surface area contributed by atoms with Crippen molar-refractivity contribution in [1.29, 1.82) is 0 Å². The van der Waals surface area contributed by atoms with Gasteiger partial charge < -0.3 is 10.5 Å². The second kappa shape index (κ2) is 7.39. The minimum absolute atomic E-state index is 0.354. The van der Waals surface area contributed by atoms with Gasteiger partial charge in [-0.2, -0.15) is 0 Å². The number of piperidine rings is 1. The summed E-state index contributed by atoms with van der Waals surface area (Å²) in [5.74, 6) is 0.713. The Kier molecular flexibility index (Phi) is 5.80. The van der Waals surface area contributed by atoms with E-state index < -0.39 is 0 Å². The third-order valence-corrected chi connectivity index (χ3v) is 4.96. The van der Waals surface area contributed by atoms with Gasteiger partial charge >= 0.3 is 0 Å². The van der Waals surface area contributed by atoms with E-state index in [4.69, 9.17) is 10.5 Å². The van der Waals surface area contributed by atoms with Crippen LogP contribution in [-0.2, 0) is 4.74 Å². The maximum atomic E-state index is 6.12. The Bertz CT molecular complexity index is 465. The van der Waals surface area contributed by atoms with Gasteiger partial charge in [-0.25, -0.2) is 0 Å². The highest BCUT2D eigenvalue weighted by atomic mass is 16.5. The minimum atomic E-state index is 0.354. The zero-order valence-corrected chi connectivity index (χ0v) is 14.0. The number of hydrogen-bond acceptors (Lipinski definition) is 3. The Balaban J connectivity index is 2.12. The predicted molar refractivity (Wildman–Crippen MR) is 88.6 cm³/mol. The SMILES string of the molecule is COCC1CCN(C(CN)c2cc(C)c(C)cc2C)CC1. The van der Waals surface area contributed by atoms with Crippen molar-refractivity contribution in [3.63, 3.8) is 0 Å². The van der Waals surface area contributed by atoms with Gasteiger partial charge in [-0.15, -0.1) is 0 Å². The monoisotopic (exact) mass is 290 g/mol. The average molecular weight is 290 g/mol. The molecular weight excluding hydrogens is 260 g/mol. The molecule has 0 amide bonds. The molecule has 2 rings (SSSR count). The molecule has 3 heteroatoms. The molecule has 1 fully saturated rings. The van der Waals surface area contributed by atoms with Crippen molar-refractivity contribution < 1.29 is 4.74 Å². The van der Waals surface area contributed by atoms with Gasteiger partial charge in [0.25, 0.3) is 0 Å². The third kappa shape index (κ3) is 3.85. The maximum Gasteiger partial charge on any atom is 0.0491 e. The molecule has 1 aliphatic heterocycles. The Morgan fingerprint density at radius 3 is 2.33 bits per heavy atom. The predicted octanol–water partition coefficient (Wildman–Crippen LogP) is 2.97. The highest BCUT2D eigenvalue weighted by Gasteiger charge is 2.26. The molecule has 0 aromatic heterocycles. The summed E-state index contributed by atoms with van der Waals surface area (Å²) >= 11 is 0. The van der Waals surface area contributed by atoms with Gasteiger partial charge in [-0.1, -0.05) is 12.1 Å². The molecule has 0 aliphatic carbocycles. The molecule has 0 bridgehead atoms. The lowest BCUT2D eigenvalue weighted by Crippen LogP contribution is -2.40. The number of hydrogen-bond donors (Lipinski definition) is 1. The fraction of sp³-hybridized carbons (Fsp3) is 0.667. The Labute approximate surface area is 129 Å². The van der Waals surface area contributed by atoms with E-state index in [1.807, 2.05) is 0 Å². The number of likely N-dealkylation sites (tertiary alicyclic amines) is 1. The summed E-state index contributed by atoms with van der Waals surface area (Å²) in [5.41, 5.74) is 11.6. The molecule has 0 spiro atoms. The van der Waals surface area contributed by atoms with Crippen LogP contribution in [0.2, 0.25) is 0 Å². The van der Waals surface area contributed by atoms with E-state index in [1.165, 1.54) is 35.1 Å². The van der Waals surface area contributed by atoms with E-state index in [1.54, 1.807) is 7.11 Å². The third-order valence-electron chi connectivity index (χ3n) is 4.96. The Hall–Kier alpha value is -0.900. The molecule has 1 aliphatic rings. The fourth-order valence-electron chi connectivity index (χ4n) is 3.48. The highest BCUT2D eigenvalue weighted by molar-refractivity contribution is 5.38. The summed E-state index contributed by atoms with van der Waals surface area (Å²) in [6.45, 7) is 10.4. The van der Waals surface area contributed by atoms with Crippen LogP contribution < -0.4 is 5.73 Å². The zero-order valence-electron chi connectivity index (χ0n) is 14.0. The molecule has 1 heterocycles. The molecule has 1 aromatic rings. The van der Waals surface area contributed by atoms with Crippen LogP contribution in [0.5, 0.6) is 0 Å². The molecule has 21 heavy (non-hydrogen) atoms. The van der Waals surface area contributed by atoms with Crippen molar-refractivity contribution in [2.24, 2.45) is 11.7 Å². The van der Waals surface area contributed by atoms with E-state index >= 15 is 0 Å². The summed E-state index contributed by atoms with van der Waals surface area (Å²) in [5, 5.41) is 0. The Morgan fingerprint density at radius 1 is 1.14 bits per heavy atom. The number of aryl methyl sites for hydroxylation is 3. The van der Waals surface area contributed by atoms with Gasteiger partial charge in [0.2, 0.25) is 0 Å². The van der Waals surface area contributed by atoms with E-state index in [-0.39, 0.29) is 0 Å². The number of nitrogens with two attached hydrogens (primary N) is 1. The maximum absolute atomic E-state index is 6.12. The van der Waals surface area contributed by atoms with Crippen molar-refractivity contribution in [1.82, 2.24) is 4.90 Å². The molecule has 2 N–H and O–H groups in total. The standard InChI is InChI=1S/C18H30N2O/c1-13-9-15(3)17(10-14(13)2)18(11-19)20-7-5-16(6-8-20)12-21-4/h9-10,16,18H,5-8,11-12,19H2,1-4H3. The first-order chi connectivity index (χ1) is 10.1. The van der Waals surface area contributed by atoms with E-state index in [9.17, 15) is 0 Å². The van der Waals surface area contributed by atoms with Crippen LogP contribution in [0.4, 0.5) is 0 Å². The molecule has 118 valence electrons. The van der Waals surface area contributed by atoms with Gasteiger partial charge in [0, 0.05) is 26.3 Å². The first-order valence-electron chi connectivity index (χ1n) is 8.07.